The lowest BCUT2D eigenvalue weighted by atomic mass is 10.0. The lowest BCUT2D eigenvalue weighted by molar-refractivity contribution is -0.141. The smallest absolute Gasteiger partial charge is 0.243 e. The molecule has 0 aliphatic heterocycles. The van der Waals surface area contributed by atoms with Gasteiger partial charge in [0.2, 0.25) is 21.8 Å². The standard InChI is InChI=1S/C31H38ClN3O5S/c1-4-19-33-31(37)29(22-24-10-6-5-7-11-24)34(23-25-12-8-13-26(32)21-25)30(36)14-9-20-35(41(3,38)39)27-15-17-28(40-2)18-16-27/h5-8,10-13,15-18,21,29H,4,9,14,19-20,22-23H2,1-3H3,(H,33,37)/t29-/m0/s1. The van der Waals surface area contributed by atoms with E-state index in [9.17, 15) is 18.0 Å². The summed E-state index contributed by atoms with van der Waals surface area (Å²) in [7, 11) is -2.06. The lowest BCUT2D eigenvalue weighted by Gasteiger charge is -2.32. The summed E-state index contributed by atoms with van der Waals surface area (Å²) in [6.45, 7) is 2.75. The van der Waals surface area contributed by atoms with Crippen molar-refractivity contribution in [1.82, 2.24) is 10.2 Å². The highest BCUT2D eigenvalue weighted by Crippen LogP contribution is 2.23. The summed E-state index contributed by atoms with van der Waals surface area (Å²) >= 11 is 6.23. The second-order valence-electron chi connectivity index (χ2n) is 9.78. The van der Waals surface area contributed by atoms with Gasteiger partial charge in [0.05, 0.1) is 19.1 Å². The summed E-state index contributed by atoms with van der Waals surface area (Å²) in [5.74, 6) is 0.127. The summed E-state index contributed by atoms with van der Waals surface area (Å²) in [5, 5.41) is 3.49. The zero-order valence-corrected chi connectivity index (χ0v) is 25.3. The Morgan fingerprint density at radius 3 is 2.27 bits per heavy atom. The van der Waals surface area contributed by atoms with Crippen LogP contribution in [0, 0.1) is 0 Å². The van der Waals surface area contributed by atoms with Crippen molar-refractivity contribution in [2.75, 3.05) is 30.8 Å². The Morgan fingerprint density at radius 1 is 0.976 bits per heavy atom. The normalized spacial score (nSPS) is 11.9. The van der Waals surface area contributed by atoms with Crippen LogP contribution in [0.1, 0.15) is 37.3 Å². The van der Waals surface area contributed by atoms with E-state index in [4.69, 9.17) is 16.3 Å². The molecule has 0 aliphatic rings. The molecular weight excluding hydrogens is 562 g/mol. The maximum Gasteiger partial charge on any atom is 0.243 e. The van der Waals surface area contributed by atoms with Gasteiger partial charge in [0.25, 0.3) is 0 Å². The van der Waals surface area contributed by atoms with Gasteiger partial charge in [0.15, 0.2) is 0 Å². The van der Waals surface area contributed by atoms with Crippen LogP contribution in [-0.4, -0.2) is 57.6 Å². The Hall–Kier alpha value is -3.56. The Bertz CT molecular complexity index is 1380. The zero-order chi connectivity index (χ0) is 29.8. The first kappa shape index (κ1) is 32.0. The zero-order valence-electron chi connectivity index (χ0n) is 23.8. The number of sulfonamides is 1. The molecule has 0 radical (unpaired) electrons. The number of methoxy groups -OCH3 is 1. The third-order valence-corrected chi connectivity index (χ3v) is 8.00. The molecule has 0 unspecified atom stereocenters. The first-order valence-corrected chi connectivity index (χ1v) is 15.8. The van der Waals surface area contributed by atoms with Gasteiger partial charge in [-0.2, -0.15) is 0 Å². The molecule has 10 heteroatoms. The molecule has 0 heterocycles. The molecular formula is C31H38ClN3O5S. The van der Waals surface area contributed by atoms with E-state index in [1.807, 2.05) is 49.4 Å². The lowest BCUT2D eigenvalue weighted by Crippen LogP contribution is -2.50. The molecule has 41 heavy (non-hydrogen) atoms. The number of ether oxygens (including phenoxy) is 1. The SMILES string of the molecule is CCCNC(=O)[C@H](Cc1ccccc1)N(Cc1cccc(Cl)c1)C(=O)CCCN(c1ccc(OC)cc1)S(C)(=O)=O. The van der Waals surface area contributed by atoms with Crippen molar-refractivity contribution < 1.29 is 22.7 Å². The van der Waals surface area contributed by atoms with Crippen molar-refractivity contribution in [2.45, 2.75) is 45.2 Å². The minimum atomic E-state index is -3.60. The third kappa shape index (κ3) is 9.79. The van der Waals surface area contributed by atoms with E-state index in [0.29, 0.717) is 29.4 Å². The number of carbonyl (C=O) groups excluding carboxylic acids is 2. The van der Waals surface area contributed by atoms with Crippen molar-refractivity contribution in [2.24, 2.45) is 0 Å². The predicted molar refractivity (Wildman–Crippen MR) is 164 cm³/mol. The van der Waals surface area contributed by atoms with Gasteiger partial charge in [-0.3, -0.25) is 13.9 Å². The molecule has 0 saturated carbocycles. The van der Waals surface area contributed by atoms with Crippen LogP contribution < -0.4 is 14.4 Å². The van der Waals surface area contributed by atoms with Crippen LogP contribution in [0.2, 0.25) is 5.02 Å². The van der Waals surface area contributed by atoms with E-state index in [1.165, 1.54) is 11.4 Å². The van der Waals surface area contributed by atoms with Crippen LogP contribution in [-0.2, 0) is 32.6 Å². The number of halogens is 1. The van der Waals surface area contributed by atoms with E-state index in [2.05, 4.69) is 5.32 Å². The van der Waals surface area contributed by atoms with Crippen molar-refractivity contribution in [1.29, 1.82) is 0 Å². The van der Waals surface area contributed by atoms with Gasteiger partial charge in [0, 0.05) is 37.5 Å². The van der Waals surface area contributed by atoms with Crippen molar-refractivity contribution in [3.8, 4) is 5.75 Å². The number of carbonyl (C=O) groups is 2. The Balaban J connectivity index is 1.86. The van der Waals surface area contributed by atoms with Crippen LogP contribution in [0.15, 0.2) is 78.9 Å². The second-order valence-corrected chi connectivity index (χ2v) is 12.1. The molecule has 2 amide bonds. The summed E-state index contributed by atoms with van der Waals surface area (Å²) in [6.07, 6.45) is 2.55. The molecule has 8 nitrogen and oxygen atoms in total. The Labute approximate surface area is 248 Å². The van der Waals surface area contributed by atoms with Crippen LogP contribution in [0.4, 0.5) is 5.69 Å². The second kappa shape index (κ2) is 15.4. The molecule has 3 aromatic rings. The number of amides is 2. The number of hydrogen-bond donors (Lipinski definition) is 1. The minimum Gasteiger partial charge on any atom is -0.497 e. The fourth-order valence-corrected chi connectivity index (χ4v) is 5.68. The van der Waals surface area contributed by atoms with Gasteiger partial charge in [-0.05, 0) is 60.4 Å². The van der Waals surface area contributed by atoms with E-state index >= 15 is 0 Å². The van der Waals surface area contributed by atoms with Gasteiger partial charge in [0.1, 0.15) is 11.8 Å². The van der Waals surface area contributed by atoms with Crippen LogP contribution in [0.5, 0.6) is 5.75 Å². The van der Waals surface area contributed by atoms with E-state index < -0.39 is 16.1 Å². The van der Waals surface area contributed by atoms with Gasteiger partial charge >= 0.3 is 0 Å². The van der Waals surface area contributed by atoms with Gasteiger partial charge in [-0.15, -0.1) is 0 Å². The fraction of sp³-hybridized carbons (Fsp3) is 0.355. The van der Waals surface area contributed by atoms with Crippen LogP contribution >= 0.6 is 11.6 Å². The van der Waals surface area contributed by atoms with Crippen LogP contribution in [0.3, 0.4) is 0 Å². The highest BCUT2D eigenvalue weighted by Gasteiger charge is 2.30. The Morgan fingerprint density at radius 2 is 1.66 bits per heavy atom. The summed E-state index contributed by atoms with van der Waals surface area (Å²) in [5.41, 5.74) is 2.21. The summed E-state index contributed by atoms with van der Waals surface area (Å²) in [4.78, 5) is 28.8. The number of nitrogens with one attached hydrogen (secondary N) is 1. The van der Waals surface area contributed by atoms with Gasteiger partial charge in [-0.1, -0.05) is 61.0 Å². The largest absolute Gasteiger partial charge is 0.497 e. The number of benzene rings is 3. The summed E-state index contributed by atoms with van der Waals surface area (Å²) in [6, 6.07) is 22.7. The highest BCUT2D eigenvalue weighted by molar-refractivity contribution is 7.92. The first-order chi connectivity index (χ1) is 19.6. The average Bonchev–Trinajstić information content (AvgIpc) is 2.95. The molecule has 1 N–H and O–H groups in total. The molecule has 0 saturated heterocycles. The maximum absolute atomic E-state index is 13.8. The van der Waals surface area contributed by atoms with Crippen molar-refractivity contribution in [3.05, 3.63) is 95.0 Å². The molecule has 0 aliphatic carbocycles. The molecule has 0 spiro atoms. The number of hydrogen-bond acceptors (Lipinski definition) is 5. The van der Waals surface area contributed by atoms with Gasteiger partial charge in [-0.25, -0.2) is 8.42 Å². The first-order valence-electron chi connectivity index (χ1n) is 13.6. The topological polar surface area (TPSA) is 96.0 Å². The van der Waals surface area contributed by atoms with E-state index in [-0.39, 0.29) is 37.7 Å². The van der Waals surface area contributed by atoms with Crippen LogP contribution in [0.25, 0.3) is 0 Å². The molecule has 1 atom stereocenters. The number of nitrogens with zero attached hydrogens (tertiary/aromatic N) is 2. The molecule has 0 fully saturated rings. The maximum atomic E-state index is 13.8. The number of rotatable bonds is 15. The fourth-order valence-electron chi connectivity index (χ4n) is 4.50. The molecule has 0 aromatic heterocycles. The highest BCUT2D eigenvalue weighted by atomic mass is 35.5. The van der Waals surface area contributed by atoms with E-state index in [0.717, 1.165) is 23.8 Å². The van der Waals surface area contributed by atoms with E-state index in [1.54, 1.807) is 41.3 Å². The molecule has 3 aromatic carbocycles. The quantitative estimate of drug-likeness (QED) is 0.263. The monoisotopic (exact) mass is 599 g/mol. The summed E-state index contributed by atoms with van der Waals surface area (Å²) < 4.78 is 31.7. The van der Waals surface area contributed by atoms with Gasteiger partial charge < -0.3 is 15.0 Å². The molecule has 220 valence electrons. The predicted octanol–water partition coefficient (Wildman–Crippen LogP) is 5.06. The van der Waals surface area contributed by atoms with Crippen molar-refractivity contribution in [3.63, 3.8) is 0 Å². The average molecular weight is 600 g/mol. The molecule has 3 rings (SSSR count). The third-order valence-electron chi connectivity index (χ3n) is 6.57. The van der Waals surface area contributed by atoms with Crippen molar-refractivity contribution >= 4 is 39.1 Å². The minimum absolute atomic E-state index is 0.0507. The Kier molecular flexibility index (Phi) is 12.0. The molecule has 0 bridgehead atoms. The number of anilines is 1.